The molecule has 1 aromatic rings. The van der Waals surface area contributed by atoms with Gasteiger partial charge in [0.15, 0.2) is 0 Å². The minimum Gasteiger partial charge on any atom is -0.326 e. The zero-order valence-corrected chi connectivity index (χ0v) is 13.7. The Labute approximate surface area is 125 Å². The lowest BCUT2D eigenvalue weighted by molar-refractivity contribution is 0.434. The van der Waals surface area contributed by atoms with E-state index >= 15 is 0 Å². The molecule has 2 rings (SSSR count). The first kappa shape index (κ1) is 15.8. The van der Waals surface area contributed by atoms with E-state index in [1.165, 1.54) is 0 Å². The molecule has 0 aliphatic carbocycles. The quantitative estimate of drug-likeness (QED) is 0.925. The first-order chi connectivity index (χ1) is 9.46. The van der Waals surface area contributed by atoms with Gasteiger partial charge in [-0.15, -0.1) is 0 Å². The second-order valence-corrected chi connectivity index (χ2v) is 8.24. The van der Waals surface area contributed by atoms with Gasteiger partial charge in [0.25, 0.3) is 0 Å². The Morgan fingerprint density at radius 1 is 1.25 bits per heavy atom. The molecule has 0 saturated carbocycles. The van der Waals surface area contributed by atoms with Gasteiger partial charge >= 0.3 is 0 Å². The van der Waals surface area contributed by atoms with E-state index in [9.17, 15) is 8.42 Å². The second kappa shape index (κ2) is 6.47. The van der Waals surface area contributed by atoms with E-state index in [1.54, 1.807) is 10.4 Å². The number of nitrogens with zero attached hydrogens (tertiary/aromatic N) is 1. The third-order valence-electron chi connectivity index (χ3n) is 3.71. The van der Waals surface area contributed by atoms with Crippen LogP contribution in [0.25, 0.3) is 0 Å². The minimum atomic E-state index is -3.41. The van der Waals surface area contributed by atoms with Gasteiger partial charge in [0.05, 0.1) is 4.90 Å². The Balaban J connectivity index is 2.45. The zero-order valence-electron chi connectivity index (χ0n) is 12.1. The highest BCUT2D eigenvalue weighted by molar-refractivity contribution is 7.99. The molecule has 1 saturated heterocycles. The second-order valence-electron chi connectivity index (χ2n) is 5.11. The van der Waals surface area contributed by atoms with Crippen LogP contribution in [-0.2, 0) is 16.6 Å². The first-order valence-electron chi connectivity index (χ1n) is 6.85. The highest BCUT2D eigenvalue weighted by Gasteiger charge is 2.27. The van der Waals surface area contributed by atoms with E-state index in [0.717, 1.165) is 34.6 Å². The standard InChI is InChI=1S/C14H22N2O2S2/c1-11-8-13(10-15)9-14(12(11)2)20(17,18)16-4-3-6-19-7-5-16/h8-9H,3-7,10,15H2,1-2H3. The van der Waals surface area contributed by atoms with Crippen molar-refractivity contribution in [2.75, 3.05) is 24.6 Å². The summed E-state index contributed by atoms with van der Waals surface area (Å²) in [7, 11) is -3.41. The van der Waals surface area contributed by atoms with Gasteiger partial charge in [0.2, 0.25) is 10.0 Å². The molecule has 1 aliphatic heterocycles. The molecule has 1 aromatic carbocycles. The van der Waals surface area contributed by atoms with Crippen LogP contribution in [0.15, 0.2) is 17.0 Å². The third-order valence-corrected chi connectivity index (χ3v) is 6.79. The Morgan fingerprint density at radius 3 is 2.70 bits per heavy atom. The highest BCUT2D eigenvalue weighted by atomic mass is 32.2. The number of hydrogen-bond acceptors (Lipinski definition) is 4. The SMILES string of the molecule is Cc1cc(CN)cc(S(=O)(=O)N2CCCSCC2)c1C. The number of rotatable bonds is 3. The summed E-state index contributed by atoms with van der Waals surface area (Å²) in [4.78, 5) is 0.421. The summed E-state index contributed by atoms with van der Waals surface area (Å²) in [6.45, 7) is 5.37. The van der Waals surface area contributed by atoms with E-state index in [0.29, 0.717) is 24.5 Å². The van der Waals surface area contributed by atoms with Gasteiger partial charge in [-0.05, 0) is 48.8 Å². The van der Waals surface area contributed by atoms with Gasteiger partial charge in [-0.1, -0.05) is 6.07 Å². The van der Waals surface area contributed by atoms with Crippen molar-refractivity contribution in [3.8, 4) is 0 Å². The average molecular weight is 314 g/mol. The molecule has 0 aromatic heterocycles. The molecule has 112 valence electrons. The predicted molar refractivity (Wildman–Crippen MR) is 84.5 cm³/mol. The summed E-state index contributed by atoms with van der Waals surface area (Å²) in [6, 6.07) is 3.70. The molecule has 6 heteroatoms. The van der Waals surface area contributed by atoms with Crippen LogP contribution in [0.4, 0.5) is 0 Å². The van der Waals surface area contributed by atoms with Crippen LogP contribution in [0.5, 0.6) is 0 Å². The van der Waals surface area contributed by atoms with Crippen molar-refractivity contribution in [1.29, 1.82) is 0 Å². The fraction of sp³-hybridized carbons (Fsp3) is 0.571. The molecule has 4 nitrogen and oxygen atoms in total. The van der Waals surface area contributed by atoms with Crippen LogP contribution in [-0.4, -0.2) is 37.3 Å². The molecule has 0 spiro atoms. The molecule has 0 amide bonds. The smallest absolute Gasteiger partial charge is 0.243 e. The molecule has 1 heterocycles. The molecule has 20 heavy (non-hydrogen) atoms. The van der Waals surface area contributed by atoms with Crippen molar-refractivity contribution >= 4 is 21.8 Å². The number of benzene rings is 1. The zero-order chi connectivity index (χ0) is 14.8. The summed E-state index contributed by atoms with van der Waals surface area (Å²) in [6.07, 6.45) is 0.915. The maximum absolute atomic E-state index is 12.9. The van der Waals surface area contributed by atoms with Crippen molar-refractivity contribution in [1.82, 2.24) is 4.31 Å². The van der Waals surface area contributed by atoms with E-state index < -0.39 is 10.0 Å². The molecular formula is C14H22N2O2S2. The van der Waals surface area contributed by atoms with Gasteiger partial charge in [0.1, 0.15) is 0 Å². The summed E-state index contributed by atoms with van der Waals surface area (Å²) >= 11 is 1.82. The molecule has 1 aliphatic rings. The molecule has 1 fully saturated rings. The average Bonchev–Trinajstić information content (AvgIpc) is 2.70. The van der Waals surface area contributed by atoms with E-state index in [-0.39, 0.29) is 0 Å². The molecule has 0 unspecified atom stereocenters. The normalized spacial score (nSPS) is 17.9. The lowest BCUT2D eigenvalue weighted by Gasteiger charge is -2.22. The fourth-order valence-electron chi connectivity index (χ4n) is 2.39. The van der Waals surface area contributed by atoms with E-state index in [4.69, 9.17) is 5.73 Å². The fourth-order valence-corrected chi connectivity index (χ4v) is 5.22. The molecular weight excluding hydrogens is 292 g/mol. The van der Waals surface area contributed by atoms with Gasteiger partial charge in [-0.25, -0.2) is 8.42 Å². The van der Waals surface area contributed by atoms with Crippen LogP contribution < -0.4 is 5.73 Å². The Morgan fingerprint density at radius 2 is 2.00 bits per heavy atom. The predicted octanol–water partition coefficient (Wildman–Crippen LogP) is 1.89. The first-order valence-corrected chi connectivity index (χ1v) is 9.44. The largest absolute Gasteiger partial charge is 0.326 e. The Hall–Kier alpha value is -0.560. The van der Waals surface area contributed by atoms with Crippen LogP contribution in [0.1, 0.15) is 23.1 Å². The number of aryl methyl sites for hydroxylation is 1. The van der Waals surface area contributed by atoms with E-state index in [2.05, 4.69) is 0 Å². The molecule has 0 radical (unpaired) electrons. The lowest BCUT2D eigenvalue weighted by Crippen LogP contribution is -2.33. The van der Waals surface area contributed by atoms with Crippen molar-refractivity contribution in [3.05, 3.63) is 28.8 Å². The minimum absolute atomic E-state index is 0.361. The molecule has 0 atom stereocenters. The summed E-state index contributed by atoms with van der Waals surface area (Å²) < 4.78 is 27.3. The number of thioether (sulfide) groups is 1. The Bertz CT molecular complexity index is 577. The summed E-state index contributed by atoms with van der Waals surface area (Å²) in [5.41, 5.74) is 8.36. The summed E-state index contributed by atoms with van der Waals surface area (Å²) in [5.74, 6) is 1.90. The number of hydrogen-bond donors (Lipinski definition) is 1. The van der Waals surface area contributed by atoms with Crippen LogP contribution in [0.3, 0.4) is 0 Å². The van der Waals surface area contributed by atoms with Gasteiger partial charge in [0, 0.05) is 25.4 Å². The van der Waals surface area contributed by atoms with Crippen molar-refractivity contribution in [3.63, 3.8) is 0 Å². The number of nitrogens with two attached hydrogens (primary N) is 1. The third kappa shape index (κ3) is 3.19. The molecule has 0 bridgehead atoms. The van der Waals surface area contributed by atoms with Crippen molar-refractivity contribution < 1.29 is 8.42 Å². The van der Waals surface area contributed by atoms with Gasteiger partial charge in [-0.3, -0.25) is 0 Å². The van der Waals surface area contributed by atoms with Crippen molar-refractivity contribution in [2.45, 2.75) is 31.7 Å². The van der Waals surface area contributed by atoms with Crippen LogP contribution >= 0.6 is 11.8 Å². The highest BCUT2D eigenvalue weighted by Crippen LogP contribution is 2.26. The molecule has 2 N–H and O–H groups in total. The van der Waals surface area contributed by atoms with E-state index in [1.807, 2.05) is 31.7 Å². The van der Waals surface area contributed by atoms with Crippen LogP contribution in [0, 0.1) is 13.8 Å². The van der Waals surface area contributed by atoms with Crippen molar-refractivity contribution in [2.24, 2.45) is 5.73 Å². The van der Waals surface area contributed by atoms with Gasteiger partial charge < -0.3 is 5.73 Å². The lowest BCUT2D eigenvalue weighted by atomic mass is 10.1. The maximum atomic E-state index is 12.9. The summed E-state index contributed by atoms with van der Waals surface area (Å²) in [5, 5.41) is 0. The topological polar surface area (TPSA) is 63.4 Å². The maximum Gasteiger partial charge on any atom is 0.243 e. The number of sulfonamides is 1. The monoisotopic (exact) mass is 314 g/mol. The Kier molecular flexibility index (Phi) is 5.12. The van der Waals surface area contributed by atoms with Gasteiger partial charge in [-0.2, -0.15) is 16.1 Å². The van der Waals surface area contributed by atoms with Crippen LogP contribution in [0.2, 0.25) is 0 Å².